The number of amides is 1. The number of anilines is 1. The van der Waals surface area contributed by atoms with Gasteiger partial charge < -0.3 is 9.80 Å². The molecule has 0 spiro atoms. The third-order valence-electron chi connectivity index (χ3n) is 6.74. The average Bonchev–Trinajstić information content (AvgIpc) is 2.81. The molecule has 6 heteroatoms. The third kappa shape index (κ3) is 5.06. The summed E-state index contributed by atoms with van der Waals surface area (Å²) in [5, 5.41) is 0. The number of carbonyl (C=O) groups is 1. The molecule has 166 valence electrons. The molecule has 1 fully saturated rings. The molecule has 1 amide bonds. The summed E-state index contributed by atoms with van der Waals surface area (Å²) in [6.45, 7) is 12.7. The van der Waals surface area contributed by atoms with E-state index in [1.54, 1.807) is 0 Å². The van der Waals surface area contributed by atoms with E-state index in [0.29, 0.717) is 5.91 Å². The Labute approximate surface area is 186 Å². The molecular weight excluding hydrogens is 386 g/mol. The molecule has 1 aromatic carbocycles. The molecule has 0 saturated carbocycles. The highest BCUT2D eigenvalue weighted by molar-refractivity contribution is 5.79. The van der Waals surface area contributed by atoms with Gasteiger partial charge >= 0.3 is 0 Å². The first kappa shape index (κ1) is 21.8. The smallest absolute Gasteiger partial charge is 0.226 e. The maximum atomic E-state index is 13.2. The summed E-state index contributed by atoms with van der Waals surface area (Å²) in [6.07, 6.45) is 4.49. The molecule has 31 heavy (non-hydrogen) atoms. The van der Waals surface area contributed by atoms with Crippen molar-refractivity contribution in [2.45, 2.75) is 46.6 Å². The minimum absolute atomic E-state index is 0.0686. The maximum absolute atomic E-state index is 13.2. The largest absolute Gasteiger partial charge is 0.341 e. The fourth-order valence-corrected chi connectivity index (χ4v) is 4.70. The number of aryl methyl sites for hydroxylation is 2. The van der Waals surface area contributed by atoms with Gasteiger partial charge in [0.1, 0.15) is 0 Å². The van der Waals surface area contributed by atoms with Crippen molar-refractivity contribution in [3.05, 3.63) is 52.8 Å². The molecule has 1 aromatic heterocycles. The number of carbonyl (C=O) groups excluding carboxylic acids is 1. The predicted octanol–water partition coefficient (Wildman–Crippen LogP) is 3.08. The summed E-state index contributed by atoms with van der Waals surface area (Å²) in [4.78, 5) is 29.3. The van der Waals surface area contributed by atoms with Crippen molar-refractivity contribution < 1.29 is 4.79 Å². The molecule has 1 aliphatic carbocycles. The maximum Gasteiger partial charge on any atom is 0.226 e. The van der Waals surface area contributed by atoms with Crippen molar-refractivity contribution in [1.82, 2.24) is 19.8 Å². The molecule has 0 bridgehead atoms. The fourth-order valence-electron chi connectivity index (χ4n) is 4.70. The third-order valence-corrected chi connectivity index (χ3v) is 6.74. The standard InChI is InChI=1S/C25H35N5O/c1-4-29(5-2)25-26-17-22-16-21(10-11-23(22)27-25)24(31)30-14-12-28(13-15-30)18-20-8-6-19(3)7-9-20/h6-9,17,21H,4-5,10-16,18H2,1-3H3/t21-/m0/s1. The summed E-state index contributed by atoms with van der Waals surface area (Å²) in [6, 6.07) is 8.76. The lowest BCUT2D eigenvalue weighted by atomic mass is 9.86. The van der Waals surface area contributed by atoms with Gasteiger partial charge in [0.25, 0.3) is 0 Å². The van der Waals surface area contributed by atoms with Crippen LogP contribution in [0.25, 0.3) is 0 Å². The molecule has 2 aliphatic rings. The van der Waals surface area contributed by atoms with E-state index in [2.05, 4.69) is 64.7 Å². The molecule has 2 heterocycles. The Hall–Kier alpha value is -2.47. The molecule has 0 unspecified atom stereocenters. The van der Waals surface area contributed by atoms with Crippen molar-refractivity contribution in [2.75, 3.05) is 44.2 Å². The van der Waals surface area contributed by atoms with Gasteiger partial charge in [0.05, 0.1) is 0 Å². The number of nitrogens with zero attached hydrogens (tertiary/aromatic N) is 5. The second-order valence-electron chi connectivity index (χ2n) is 8.84. The molecule has 1 aliphatic heterocycles. The summed E-state index contributed by atoms with van der Waals surface area (Å²) < 4.78 is 0. The van der Waals surface area contributed by atoms with E-state index >= 15 is 0 Å². The van der Waals surface area contributed by atoms with Crippen LogP contribution in [0.2, 0.25) is 0 Å². The lowest BCUT2D eigenvalue weighted by molar-refractivity contribution is -0.137. The number of fused-ring (bicyclic) bond motifs is 1. The molecular formula is C25H35N5O. The summed E-state index contributed by atoms with van der Waals surface area (Å²) in [5.41, 5.74) is 4.92. The molecule has 1 saturated heterocycles. The number of hydrogen-bond acceptors (Lipinski definition) is 5. The van der Waals surface area contributed by atoms with E-state index in [1.807, 2.05) is 6.20 Å². The molecule has 6 nitrogen and oxygen atoms in total. The van der Waals surface area contributed by atoms with Crippen LogP contribution < -0.4 is 4.90 Å². The molecule has 4 rings (SSSR count). The van der Waals surface area contributed by atoms with Crippen LogP contribution in [0.15, 0.2) is 30.5 Å². The first-order chi connectivity index (χ1) is 15.1. The van der Waals surface area contributed by atoms with Gasteiger partial charge in [-0.25, -0.2) is 9.97 Å². The summed E-state index contributed by atoms with van der Waals surface area (Å²) in [7, 11) is 0. The van der Waals surface area contributed by atoms with Crippen LogP contribution in [0.1, 0.15) is 42.7 Å². The predicted molar refractivity (Wildman–Crippen MR) is 124 cm³/mol. The van der Waals surface area contributed by atoms with Crippen LogP contribution in [0.5, 0.6) is 0 Å². The minimum Gasteiger partial charge on any atom is -0.341 e. The van der Waals surface area contributed by atoms with Gasteiger partial charge in [-0.05, 0) is 51.2 Å². The Bertz CT molecular complexity index is 885. The van der Waals surface area contributed by atoms with Crippen molar-refractivity contribution >= 4 is 11.9 Å². The second-order valence-corrected chi connectivity index (χ2v) is 8.84. The van der Waals surface area contributed by atoms with E-state index in [9.17, 15) is 4.79 Å². The first-order valence-corrected chi connectivity index (χ1v) is 11.7. The van der Waals surface area contributed by atoms with Crippen molar-refractivity contribution in [2.24, 2.45) is 5.92 Å². The second kappa shape index (κ2) is 9.77. The zero-order valence-electron chi connectivity index (χ0n) is 19.2. The number of hydrogen-bond donors (Lipinski definition) is 0. The van der Waals surface area contributed by atoms with Crippen LogP contribution in [0, 0.1) is 12.8 Å². The lowest BCUT2D eigenvalue weighted by Crippen LogP contribution is -2.50. The Morgan fingerprint density at radius 3 is 2.48 bits per heavy atom. The van der Waals surface area contributed by atoms with Crippen molar-refractivity contribution in [1.29, 1.82) is 0 Å². The van der Waals surface area contributed by atoms with E-state index in [1.165, 1.54) is 11.1 Å². The van der Waals surface area contributed by atoms with Crippen LogP contribution in [0.4, 0.5) is 5.95 Å². The zero-order chi connectivity index (χ0) is 21.8. The van der Waals surface area contributed by atoms with Gasteiger partial charge in [0.15, 0.2) is 0 Å². The van der Waals surface area contributed by atoms with Crippen LogP contribution >= 0.6 is 0 Å². The van der Waals surface area contributed by atoms with E-state index in [4.69, 9.17) is 4.98 Å². The van der Waals surface area contributed by atoms with Gasteiger partial charge in [0.2, 0.25) is 11.9 Å². The van der Waals surface area contributed by atoms with E-state index in [0.717, 1.165) is 82.3 Å². The Morgan fingerprint density at radius 1 is 1.10 bits per heavy atom. The normalized spacial score (nSPS) is 19.2. The zero-order valence-corrected chi connectivity index (χ0v) is 19.2. The highest BCUT2D eigenvalue weighted by Crippen LogP contribution is 2.27. The molecule has 2 aromatic rings. The monoisotopic (exact) mass is 421 g/mol. The van der Waals surface area contributed by atoms with Crippen molar-refractivity contribution in [3.8, 4) is 0 Å². The Balaban J connectivity index is 1.31. The van der Waals surface area contributed by atoms with Crippen molar-refractivity contribution in [3.63, 3.8) is 0 Å². The fraction of sp³-hybridized carbons (Fsp3) is 0.560. The number of benzene rings is 1. The van der Waals surface area contributed by atoms with Crippen LogP contribution in [-0.4, -0.2) is 64.9 Å². The highest BCUT2D eigenvalue weighted by Gasteiger charge is 2.31. The van der Waals surface area contributed by atoms with Gasteiger partial charge in [-0.15, -0.1) is 0 Å². The van der Waals surface area contributed by atoms with Gasteiger partial charge in [-0.1, -0.05) is 29.8 Å². The summed E-state index contributed by atoms with van der Waals surface area (Å²) >= 11 is 0. The van der Waals surface area contributed by atoms with Gasteiger partial charge in [-0.3, -0.25) is 9.69 Å². The Morgan fingerprint density at radius 2 is 1.81 bits per heavy atom. The average molecular weight is 422 g/mol. The minimum atomic E-state index is 0.0686. The molecule has 0 radical (unpaired) electrons. The van der Waals surface area contributed by atoms with Crippen LogP contribution in [-0.2, 0) is 24.2 Å². The quantitative estimate of drug-likeness (QED) is 0.718. The van der Waals surface area contributed by atoms with Gasteiger partial charge in [-0.2, -0.15) is 0 Å². The Kier molecular flexibility index (Phi) is 6.86. The SMILES string of the molecule is CCN(CC)c1ncc2c(n1)CC[C@H](C(=O)N1CCN(Cc3ccc(C)cc3)CC1)C2. The van der Waals surface area contributed by atoms with Crippen LogP contribution in [0.3, 0.4) is 0 Å². The summed E-state index contributed by atoms with van der Waals surface area (Å²) in [5.74, 6) is 1.20. The molecule has 0 N–H and O–H groups in total. The van der Waals surface area contributed by atoms with Gasteiger partial charge in [0, 0.05) is 63.6 Å². The highest BCUT2D eigenvalue weighted by atomic mass is 16.2. The van der Waals surface area contributed by atoms with E-state index in [-0.39, 0.29) is 5.92 Å². The number of piperazine rings is 1. The topological polar surface area (TPSA) is 52.6 Å². The molecule has 1 atom stereocenters. The van der Waals surface area contributed by atoms with E-state index < -0.39 is 0 Å². The number of rotatable bonds is 6. The first-order valence-electron chi connectivity index (χ1n) is 11.7. The lowest BCUT2D eigenvalue weighted by Gasteiger charge is -2.37. The number of aromatic nitrogens is 2.